The van der Waals surface area contributed by atoms with Crippen LogP contribution in [0.25, 0.3) is 10.8 Å². The summed E-state index contributed by atoms with van der Waals surface area (Å²) in [5.74, 6) is 0.359. The van der Waals surface area contributed by atoms with Gasteiger partial charge >= 0.3 is 0 Å². The van der Waals surface area contributed by atoms with Crippen LogP contribution in [0.3, 0.4) is 0 Å². The number of hydrogen-bond donors (Lipinski definition) is 1. The molecule has 3 aromatic rings. The second kappa shape index (κ2) is 6.04. The topological polar surface area (TPSA) is 83.9 Å². The first-order chi connectivity index (χ1) is 13.1. The number of aromatic nitrogens is 4. The van der Waals surface area contributed by atoms with Crippen molar-refractivity contribution < 1.29 is 4.79 Å². The number of carbonyl (C=O) groups excluding carboxylic acids is 1. The predicted molar refractivity (Wildman–Crippen MR) is 101 cm³/mol. The molecule has 2 unspecified atom stereocenters. The first-order valence-electron chi connectivity index (χ1n) is 9.41. The third-order valence-corrected chi connectivity index (χ3v) is 6.14. The fourth-order valence-electron chi connectivity index (χ4n) is 4.93. The number of hydrogen-bond acceptors (Lipinski definition) is 4. The number of aromatic amines is 1. The number of aryl methyl sites for hydroxylation is 1. The second-order valence-electron chi connectivity index (χ2n) is 7.59. The largest absolute Gasteiger partial charge is 0.331 e. The van der Waals surface area contributed by atoms with E-state index < -0.39 is 0 Å². The van der Waals surface area contributed by atoms with Crippen LogP contribution in [0.15, 0.2) is 41.3 Å². The lowest BCUT2D eigenvalue weighted by Gasteiger charge is -2.39. The summed E-state index contributed by atoms with van der Waals surface area (Å²) in [7, 11) is 1.98. The molecule has 4 heterocycles. The van der Waals surface area contributed by atoms with Crippen LogP contribution in [0.5, 0.6) is 0 Å². The molecule has 2 aliphatic rings. The molecule has 27 heavy (non-hydrogen) atoms. The van der Waals surface area contributed by atoms with Gasteiger partial charge in [0.1, 0.15) is 0 Å². The van der Waals surface area contributed by atoms with Crippen LogP contribution in [-0.2, 0) is 7.05 Å². The number of nitrogens with one attached hydrogen (secondary N) is 1. The van der Waals surface area contributed by atoms with Gasteiger partial charge < -0.3 is 4.90 Å². The van der Waals surface area contributed by atoms with Gasteiger partial charge in [0, 0.05) is 42.3 Å². The molecule has 2 bridgehead atoms. The zero-order valence-electron chi connectivity index (χ0n) is 15.1. The van der Waals surface area contributed by atoms with Gasteiger partial charge in [0.25, 0.3) is 11.5 Å². The SMILES string of the molecule is Cn1nccc1C1CC2CCC(C1)N2C(=O)c1n[nH]c(=O)c2ccccc12. The Morgan fingerprint density at radius 2 is 1.81 bits per heavy atom. The maximum absolute atomic E-state index is 13.4. The Morgan fingerprint density at radius 3 is 2.48 bits per heavy atom. The third-order valence-electron chi connectivity index (χ3n) is 6.14. The number of H-pyrrole nitrogens is 1. The van der Waals surface area contributed by atoms with Gasteiger partial charge in [-0.2, -0.15) is 10.2 Å². The Morgan fingerprint density at radius 1 is 1.11 bits per heavy atom. The summed E-state index contributed by atoms with van der Waals surface area (Å²) >= 11 is 0. The molecule has 2 aromatic heterocycles. The fourth-order valence-corrected chi connectivity index (χ4v) is 4.93. The van der Waals surface area contributed by atoms with Gasteiger partial charge in [0.05, 0.1) is 5.39 Å². The van der Waals surface area contributed by atoms with Gasteiger partial charge in [0.15, 0.2) is 5.69 Å². The van der Waals surface area contributed by atoms with Crippen molar-refractivity contribution in [2.45, 2.75) is 43.7 Å². The van der Waals surface area contributed by atoms with Crippen molar-refractivity contribution >= 4 is 16.7 Å². The lowest BCUT2D eigenvalue weighted by Crippen LogP contribution is -2.46. The molecule has 0 spiro atoms. The van der Waals surface area contributed by atoms with Crippen LogP contribution in [0.2, 0.25) is 0 Å². The minimum absolute atomic E-state index is 0.0709. The average Bonchev–Trinajstić information content (AvgIpc) is 3.22. The molecule has 7 nitrogen and oxygen atoms in total. The van der Waals surface area contributed by atoms with E-state index in [1.54, 1.807) is 18.2 Å². The lowest BCUT2D eigenvalue weighted by molar-refractivity contribution is 0.0563. The van der Waals surface area contributed by atoms with E-state index in [1.807, 2.05) is 28.9 Å². The molecular formula is C20H21N5O2. The highest BCUT2D eigenvalue weighted by molar-refractivity contribution is 6.05. The number of carbonyl (C=O) groups is 1. The smallest absolute Gasteiger partial charge is 0.275 e. The fraction of sp³-hybridized carbons (Fsp3) is 0.400. The minimum atomic E-state index is -0.264. The third kappa shape index (κ3) is 2.49. The van der Waals surface area contributed by atoms with Crippen molar-refractivity contribution in [3.63, 3.8) is 0 Å². The van der Waals surface area contributed by atoms with Crippen LogP contribution < -0.4 is 5.56 Å². The van der Waals surface area contributed by atoms with Gasteiger partial charge in [-0.1, -0.05) is 18.2 Å². The van der Waals surface area contributed by atoms with Crippen molar-refractivity contribution in [2.24, 2.45) is 7.05 Å². The van der Waals surface area contributed by atoms with Crippen molar-refractivity contribution in [3.8, 4) is 0 Å². The standard InChI is InChI=1S/C20H21N5O2/c1-24-17(8-9-21-24)12-10-13-6-7-14(11-12)25(13)20(27)18-15-4-2-3-5-16(15)19(26)23-22-18/h2-5,8-9,12-14H,6-7,10-11H2,1H3,(H,23,26). The van der Waals surface area contributed by atoms with Crippen molar-refractivity contribution in [3.05, 3.63) is 58.3 Å². The predicted octanol–water partition coefficient (Wildman–Crippen LogP) is 2.21. The van der Waals surface area contributed by atoms with Gasteiger partial charge in [-0.05, 0) is 37.8 Å². The summed E-state index contributed by atoms with van der Waals surface area (Å²) in [5, 5.41) is 12.0. The average molecular weight is 363 g/mol. The van der Waals surface area contributed by atoms with Crippen LogP contribution in [0.1, 0.15) is 47.8 Å². The molecule has 0 radical (unpaired) electrons. The van der Waals surface area contributed by atoms with E-state index in [4.69, 9.17) is 0 Å². The highest BCUT2D eigenvalue weighted by Gasteiger charge is 2.45. The Balaban J connectivity index is 1.48. The van der Waals surface area contributed by atoms with E-state index in [2.05, 4.69) is 21.4 Å². The monoisotopic (exact) mass is 363 g/mol. The molecule has 2 fully saturated rings. The summed E-state index contributed by atoms with van der Waals surface area (Å²) in [6.07, 6.45) is 5.77. The van der Waals surface area contributed by atoms with Crippen molar-refractivity contribution in [2.75, 3.05) is 0 Å². The van der Waals surface area contributed by atoms with Crippen LogP contribution in [0, 0.1) is 0 Å². The number of benzene rings is 1. The molecule has 7 heteroatoms. The highest BCUT2D eigenvalue weighted by Crippen LogP contribution is 2.43. The van der Waals surface area contributed by atoms with Gasteiger partial charge in [-0.15, -0.1) is 0 Å². The molecule has 1 N–H and O–H groups in total. The van der Waals surface area contributed by atoms with E-state index >= 15 is 0 Å². The maximum atomic E-state index is 13.4. The van der Waals surface area contributed by atoms with E-state index in [0.717, 1.165) is 25.7 Å². The van der Waals surface area contributed by atoms with Crippen LogP contribution >= 0.6 is 0 Å². The molecule has 1 aromatic carbocycles. The number of nitrogens with zero attached hydrogens (tertiary/aromatic N) is 4. The summed E-state index contributed by atoms with van der Waals surface area (Å²) < 4.78 is 1.94. The molecule has 5 rings (SSSR count). The number of rotatable bonds is 2. The molecule has 0 aliphatic carbocycles. The molecule has 2 atom stereocenters. The van der Waals surface area contributed by atoms with Gasteiger partial charge in [-0.3, -0.25) is 14.3 Å². The number of fused-ring (bicyclic) bond motifs is 3. The lowest BCUT2D eigenvalue weighted by atomic mass is 9.87. The van der Waals surface area contributed by atoms with Crippen LogP contribution in [-0.4, -0.2) is 42.9 Å². The molecule has 1 amide bonds. The number of amides is 1. The second-order valence-corrected chi connectivity index (χ2v) is 7.59. The van der Waals surface area contributed by atoms with E-state index in [0.29, 0.717) is 22.4 Å². The zero-order valence-corrected chi connectivity index (χ0v) is 15.1. The summed E-state index contributed by atoms with van der Waals surface area (Å²) in [6, 6.07) is 9.68. The first kappa shape index (κ1) is 16.2. The Labute approximate surface area is 156 Å². The zero-order chi connectivity index (χ0) is 18.5. The number of piperidine rings is 1. The maximum Gasteiger partial charge on any atom is 0.275 e. The first-order valence-corrected chi connectivity index (χ1v) is 9.41. The van der Waals surface area contributed by atoms with E-state index in [9.17, 15) is 9.59 Å². The van der Waals surface area contributed by atoms with Gasteiger partial charge in [-0.25, -0.2) is 5.10 Å². The Bertz CT molecular complexity index is 1070. The summed E-state index contributed by atoms with van der Waals surface area (Å²) in [4.78, 5) is 27.4. The summed E-state index contributed by atoms with van der Waals surface area (Å²) in [6.45, 7) is 0. The molecular weight excluding hydrogens is 342 g/mol. The van der Waals surface area contributed by atoms with Crippen molar-refractivity contribution in [1.82, 2.24) is 24.9 Å². The Kier molecular flexibility index (Phi) is 3.63. The van der Waals surface area contributed by atoms with Crippen LogP contribution in [0.4, 0.5) is 0 Å². The van der Waals surface area contributed by atoms with Gasteiger partial charge in [0.2, 0.25) is 0 Å². The Hall–Kier alpha value is -2.96. The molecule has 138 valence electrons. The molecule has 2 aliphatic heterocycles. The minimum Gasteiger partial charge on any atom is -0.331 e. The van der Waals surface area contributed by atoms with Crippen molar-refractivity contribution in [1.29, 1.82) is 0 Å². The van der Waals surface area contributed by atoms with E-state index in [1.165, 1.54) is 5.69 Å². The molecule has 2 saturated heterocycles. The summed E-state index contributed by atoms with van der Waals surface area (Å²) in [5.41, 5.74) is 1.33. The highest BCUT2D eigenvalue weighted by atomic mass is 16.2. The molecule has 0 saturated carbocycles. The normalized spacial score (nSPS) is 24.5. The van der Waals surface area contributed by atoms with E-state index in [-0.39, 0.29) is 23.6 Å². The quantitative estimate of drug-likeness (QED) is 0.757.